The summed E-state index contributed by atoms with van der Waals surface area (Å²) in [5.41, 5.74) is 3.50. The lowest BCUT2D eigenvalue weighted by molar-refractivity contribution is -0.203. The van der Waals surface area contributed by atoms with Crippen LogP contribution in [0, 0.1) is 0 Å². The van der Waals surface area contributed by atoms with Crippen LogP contribution < -0.4 is 10.6 Å². The van der Waals surface area contributed by atoms with Crippen LogP contribution in [0.4, 0.5) is 19.0 Å². The van der Waals surface area contributed by atoms with E-state index in [1.807, 2.05) is 0 Å². The van der Waals surface area contributed by atoms with Gasteiger partial charge in [0.25, 0.3) is 5.91 Å². The second-order valence-corrected chi connectivity index (χ2v) is 4.50. The van der Waals surface area contributed by atoms with Crippen molar-refractivity contribution in [2.75, 3.05) is 18.1 Å². The zero-order chi connectivity index (χ0) is 14.8. The Morgan fingerprint density at radius 2 is 2.25 bits per heavy atom. The third-order valence-electron chi connectivity index (χ3n) is 3.12. The summed E-state index contributed by atoms with van der Waals surface area (Å²) in [5.74, 6) is -0.573. The summed E-state index contributed by atoms with van der Waals surface area (Å²) in [6.45, 7) is -1.17. The molecule has 1 aliphatic rings. The number of hydrogen-bond acceptors (Lipinski definition) is 4. The van der Waals surface area contributed by atoms with Crippen molar-refractivity contribution in [3.05, 3.63) is 24.4 Å². The third-order valence-corrected chi connectivity index (χ3v) is 3.12. The Labute approximate surface area is 113 Å². The van der Waals surface area contributed by atoms with E-state index >= 15 is 0 Å². The summed E-state index contributed by atoms with van der Waals surface area (Å²) >= 11 is 0. The van der Waals surface area contributed by atoms with Gasteiger partial charge in [-0.3, -0.25) is 4.79 Å². The van der Waals surface area contributed by atoms with Gasteiger partial charge in [-0.1, -0.05) is 6.07 Å². The molecule has 2 heterocycles. The standard InChI is InChI=1S/C12H14F3N3O2/c13-12(14,15)8-20-11(10(16)19)5-3-7-18(11)9-4-1-2-6-17-9/h1-2,4,6H,3,5,7-8H2,(H2,16,19). The van der Waals surface area contributed by atoms with E-state index in [1.54, 1.807) is 18.2 Å². The minimum Gasteiger partial charge on any atom is -0.365 e. The number of carbonyl (C=O) groups excluding carboxylic acids is 1. The van der Waals surface area contributed by atoms with Crippen molar-refractivity contribution in [2.24, 2.45) is 5.73 Å². The molecule has 1 aliphatic heterocycles. The van der Waals surface area contributed by atoms with Crippen LogP contribution in [0.2, 0.25) is 0 Å². The van der Waals surface area contributed by atoms with Gasteiger partial charge in [0, 0.05) is 19.2 Å². The van der Waals surface area contributed by atoms with E-state index in [0.29, 0.717) is 18.8 Å². The zero-order valence-corrected chi connectivity index (χ0v) is 10.6. The molecular formula is C12H14F3N3O2. The van der Waals surface area contributed by atoms with Gasteiger partial charge < -0.3 is 15.4 Å². The van der Waals surface area contributed by atoms with E-state index in [9.17, 15) is 18.0 Å². The summed E-state index contributed by atoms with van der Waals surface area (Å²) in [6, 6.07) is 4.94. The first kappa shape index (κ1) is 14.6. The largest absolute Gasteiger partial charge is 0.411 e. The van der Waals surface area contributed by atoms with Crippen molar-refractivity contribution in [3.8, 4) is 0 Å². The van der Waals surface area contributed by atoms with Gasteiger partial charge in [0.15, 0.2) is 0 Å². The van der Waals surface area contributed by atoms with Crippen molar-refractivity contribution in [3.63, 3.8) is 0 Å². The highest BCUT2D eigenvalue weighted by atomic mass is 19.4. The van der Waals surface area contributed by atoms with Crippen molar-refractivity contribution < 1.29 is 22.7 Å². The second kappa shape index (κ2) is 5.28. The van der Waals surface area contributed by atoms with Crippen molar-refractivity contribution >= 4 is 11.7 Å². The molecule has 2 N–H and O–H groups in total. The quantitative estimate of drug-likeness (QED) is 0.910. The van der Waals surface area contributed by atoms with Crippen LogP contribution in [0.25, 0.3) is 0 Å². The Bertz CT molecular complexity index is 481. The predicted molar refractivity (Wildman–Crippen MR) is 64.7 cm³/mol. The smallest absolute Gasteiger partial charge is 0.365 e. The SMILES string of the molecule is NC(=O)C1(OCC(F)(F)F)CCCN1c1ccccn1. The number of nitrogens with two attached hydrogens (primary N) is 1. The van der Waals surface area contributed by atoms with Gasteiger partial charge in [-0.25, -0.2) is 4.98 Å². The fraction of sp³-hybridized carbons (Fsp3) is 0.500. The third kappa shape index (κ3) is 2.84. The van der Waals surface area contributed by atoms with Crippen LogP contribution in [-0.2, 0) is 9.53 Å². The summed E-state index contributed by atoms with van der Waals surface area (Å²) in [7, 11) is 0. The molecule has 0 aliphatic carbocycles. The average molecular weight is 289 g/mol. The Hall–Kier alpha value is -1.83. The fourth-order valence-electron chi connectivity index (χ4n) is 2.28. The highest BCUT2D eigenvalue weighted by Gasteiger charge is 2.50. The Balaban J connectivity index is 2.28. The molecule has 1 aromatic rings. The number of ether oxygens (including phenoxy) is 1. The normalized spacial score (nSPS) is 23.1. The van der Waals surface area contributed by atoms with Crippen LogP contribution in [0.5, 0.6) is 0 Å². The number of carbonyl (C=O) groups is 1. The van der Waals surface area contributed by atoms with E-state index in [4.69, 9.17) is 10.5 Å². The molecule has 1 aromatic heterocycles. The fourth-order valence-corrected chi connectivity index (χ4v) is 2.28. The molecule has 20 heavy (non-hydrogen) atoms. The number of amides is 1. The molecule has 0 saturated carbocycles. The van der Waals surface area contributed by atoms with Crippen LogP contribution >= 0.6 is 0 Å². The lowest BCUT2D eigenvalue weighted by Crippen LogP contribution is -2.57. The number of alkyl halides is 3. The number of anilines is 1. The molecule has 1 amide bonds. The maximum atomic E-state index is 12.4. The van der Waals surface area contributed by atoms with E-state index < -0.39 is 24.4 Å². The summed E-state index contributed by atoms with van der Waals surface area (Å²) < 4.78 is 42.0. The monoisotopic (exact) mass is 289 g/mol. The van der Waals surface area contributed by atoms with Gasteiger partial charge >= 0.3 is 6.18 Å². The van der Waals surface area contributed by atoms with E-state index in [1.165, 1.54) is 11.1 Å². The zero-order valence-electron chi connectivity index (χ0n) is 10.6. The maximum Gasteiger partial charge on any atom is 0.411 e. The minimum absolute atomic E-state index is 0.106. The van der Waals surface area contributed by atoms with Gasteiger partial charge in [-0.2, -0.15) is 13.2 Å². The number of hydrogen-bond donors (Lipinski definition) is 1. The highest BCUT2D eigenvalue weighted by molar-refractivity contribution is 5.87. The van der Waals surface area contributed by atoms with E-state index in [2.05, 4.69) is 4.98 Å². The van der Waals surface area contributed by atoms with Crippen LogP contribution in [-0.4, -0.2) is 35.9 Å². The molecule has 1 saturated heterocycles. The first-order valence-corrected chi connectivity index (χ1v) is 6.04. The molecule has 110 valence electrons. The average Bonchev–Trinajstić information content (AvgIpc) is 2.82. The molecule has 0 radical (unpaired) electrons. The summed E-state index contributed by atoms with van der Waals surface area (Å²) in [5, 5.41) is 0. The molecule has 1 unspecified atom stereocenters. The summed E-state index contributed by atoms with van der Waals surface area (Å²) in [6.07, 6.45) is -2.43. The van der Waals surface area contributed by atoms with Crippen molar-refractivity contribution in [1.82, 2.24) is 4.98 Å². The number of pyridine rings is 1. The Morgan fingerprint density at radius 3 is 2.80 bits per heavy atom. The first-order valence-electron chi connectivity index (χ1n) is 6.04. The molecule has 8 heteroatoms. The van der Waals surface area contributed by atoms with Gasteiger partial charge in [-0.15, -0.1) is 0 Å². The predicted octanol–water partition coefficient (Wildman–Crippen LogP) is 1.44. The highest BCUT2D eigenvalue weighted by Crippen LogP contribution is 2.35. The maximum absolute atomic E-state index is 12.4. The summed E-state index contributed by atoms with van der Waals surface area (Å²) in [4.78, 5) is 17.1. The lowest BCUT2D eigenvalue weighted by Gasteiger charge is -2.36. The number of primary amides is 1. The topological polar surface area (TPSA) is 68.5 Å². The Kier molecular flexibility index (Phi) is 3.85. The molecule has 5 nitrogen and oxygen atoms in total. The van der Waals surface area contributed by atoms with Gasteiger partial charge in [-0.05, 0) is 18.6 Å². The molecule has 1 fully saturated rings. The molecule has 2 rings (SSSR count). The van der Waals surface area contributed by atoms with Crippen molar-refractivity contribution in [1.29, 1.82) is 0 Å². The number of rotatable bonds is 4. The van der Waals surface area contributed by atoms with Crippen LogP contribution in [0.15, 0.2) is 24.4 Å². The lowest BCUT2D eigenvalue weighted by atomic mass is 10.1. The van der Waals surface area contributed by atoms with Gasteiger partial charge in [0.1, 0.15) is 12.4 Å². The molecule has 1 atom stereocenters. The number of aromatic nitrogens is 1. The van der Waals surface area contributed by atoms with E-state index in [0.717, 1.165) is 0 Å². The molecular weight excluding hydrogens is 275 g/mol. The molecule has 0 spiro atoms. The molecule has 0 bridgehead atoms. The Morgan fingerprint density at radius 1 is 1.50 bits per heavy atom. The van der Waals surface area contributed by atoms with Crippen LogP contribution in [0.1, 0.15) is 12.8 Å². The number of nitrogens with zero attached hydrogens (tertiary/aromatic N) is 2. The first-order chi connectivity index (χ1) is 9.35. The van der Waals surface area contributed by atoms with Gasteiger partial charge in [0.05, 0.1) is 0 Å². The van der Waals surface area contributed by atoms with Crippen molar-refractivity contribution in [2.45, 2.75) is 24.7 Å². The minimum atomic E-state index is -4.53. The van der Waals surface area contributed by atoms with E-state index in [-0.39, 0.29) is 6.42 Å². The second-order valence-electron chi connectivity index (χ2n) is 4.50. The van der Waals surface area contributed by atoms with Crippen LogP contribution in [0.3, 0.4) is 0 Å². The molecule has 0 aromatic carbocycles. The number of halogens is 3. The van der Waals surface area contributed by atoms with Gasteiger partial charge in [0.2, 0.25) is 5.72 Å².